The number of hydrogen-bond donors (Lipinski definition) is 0. The van der Waals surface area contributed by atoms with Crippen LogP contribution in [0.4, 0.5) is 0 Å². The van der Waals surface area contributed by atoms with E-state index in [1.165, 1.54) is 10.7 Å². The largest absolute Gasteiger partial charge is 0.463 e. The minimum atomic E-state index is -0.235. The van der Waals surface area contributed by atoms with Gasteiger partial charge in [0.15, 0.2) is 5.76 Å². The molecule has 0 saturated carbocycles. The van der Waals surface area contributed by atoms with E-state index in [4.69, 9.17) is 27.6 Å². The zero-order chi connectivity index (χ0) is 14.8. The molecule has 6 heteroatoms. The number of nitrogens with zero attached hydrogens (tertiary/aromatic N) is 2. The molecule has 3 rings (SSSR count). The summed E-state index contributed by atoms with van der Waals surface area (Å²) in [5.74, 6) is 0.592. The van der Waals surface area contributed by atoms with E-state index in [1.54, 1.807) is 42.7 Å². The highest BCUT2D eigenvalue weighted by Crippen LogP contribution is 2.24. The van der Waals surface area contributed by atoms with Crippen molar-refractivity contribution in [2.75, 3.05) is 0 Å². The molecule has 0 aliphatic heterocycles. The van der Waals surface area contributed by atoms with Crippen LogP contribution in [0.1, 0.15) is 5.56 Å². The molecule has 0 aliphatic carbocycles. The normalized spacial score (nSPS) is 10.8. The van der Waals surface area contributed by atoms with Crippen molar-refractivity contribution in [1.29, 1.82) is 0 Å². The molecule has 106 valence electrons. The van der Waals surface area contributed by atoms with Crippen molar-refractivity contribution in [3.05, 3.63) is 74.7 Å². The van der Waals surface area contributed by atoms with Crippen molar-refractivity contribution in [3.8, 4) is 11.5 Å². The highest BCUT2D eigenvalue weighted by molar-refractivity contribution is 6.35. The summed E-state index contributed by atoms with van der Waals surface area (Å²) in [4.78, 5) is 12.0. The SMILES string of the molecule is O=c1ccc(-c2ccco2)nn1Cc1c(Cl)cccc1Cl. The van der Waals surface area contributed by atoms with Crippen LogP contribution in [0.2, 0.25) is 10.0 Å². The van der Waals surface area contributed by atoms with Crippen LogP contribution in [0.5, 0.6) is 0 Å². The third-order valence-electron chi connectivity index (χ3n) is 3.01. The van der Waals surface area contributed by atoms with Crippen LogP contribution < -0.4 is 5.56 Å². The Morgan fingerprint density at radius 3 is 2.48 bits per heavy atom. The van der Waals surface area contributed by atoms with Crippen LogP contribution >= 0.6 is 23.2 Å². The molecule has 0 fully saturated rings. The highest BCUT2D eigenvalue weighted by atomic mass is 35.5. The first-order valence-electron chi connectivity index (χ1n) is 6.20. The van der Waals surface area contributed by atoms with E-state index in [9.17, 15) is 4.79 Å². The third-order valence-corrected chi connectivity index (χ3v) is 3.72. The molecule has 4 nitrogen and oxygen atoms in total. The summed E-state index contributed by atoms with van der Waals surface area (Å²) >= 11 is 12.2. The van der Waals surface area contributed by atoms with Gasteiger partial charge in [-0.15, -0.1) is 0 Å². The predicted octanol–water partition coefficient (Wildman–Crippen LogP) is 3.86. The average molecular weight is 321 g/mol. The molecule has 0 amide bonds. The van der Waals surface area contributed by atoms with E-state index in [2.05, 4.69) is 5.10 Å². The average Bonchev–Trinajstić information content (AvgIpc) is 2.99. The molecule has 0 radical (unpaired) electrons. The monoisotopic (exact) mass is 320 g/mol. The van der Waals surface area contributed by atoms with Crippen molar-refractivity contribution < 1.29 is 4.42 Å². The van der Waals surface area contributed by atoms with Crippen molar-refractivity contribution >= 4 is 23.2 Å². The number of rotatable bonds is 3. The fraction of sp³-hybridized carbons (Fsp3) is 0.0667. The van der Waals surface area contributed by atoms with Crippen LogP contribution in [-0.2, 0) is 6.54 Å². The maximum atomic E-state index is 12.0. The van der Waals surface area contributed by atoms with Gasteiger partial charge in [0.1, 0.15) is 5.69 Å². The zero-order valence-corrected chi connectivity index (χ0v) is 12.3. The molecule has 0 unspecified atom stereocenters. The van der Waals surface area contributed by atoms with Crippen molar-refractivity contribution in [1.82, 2.24) is 9.78 Å². The van der Waals surface area contributed by atoms with Gasteiger partial charge in [-0.05, 0) is 30.3 Å². The van der Waals surface area contributed by atoms with Crippen LogP contribution in [0.3, 0.4) is 0 Å². The second kappa shape index (κ2) is 5.76. The Labute approximate surface area is 130 Å². The number of aromatic nitrogens is 2. The number of furan rings is 1. The van der Waals surface area contributed by atoms with Gasteiger partial charge >= 0.3 is 0 Å². The first-order chi connectivity index (χ1) is 10.1. The fourth-order valence-electron chi connectivity index (χ4n) is 1.95. The van der Waals surface area contributed by atoms with E-state index in [-0.39, 0.29) is 12.1 Å². The third kappa shape index (κ3) is 2.86. The molecule has 0 aliphatic rings. The van der Waals surface area contributed by atoms with Gasteiger partial charge in [-0.2, -0.15) is 5.10 Å². The summed E-state index contributed by atoms with van der Waals surface area (Å²) in [6, 6.07) is 11.8. The standard InChI is InChI=1S/C15H10Cl2N2O2/c16-11-3-1-4-12(17)10(11)9-19-15(20)7-6-13(18-19)14-5-2-8-21-14/h1-8H,9H2. The molecule has 0 spiro atoms. The van der Waals surface area contributed by atoms with E-state index >= 15 is 0 Å². The zero-order valence-electron chi connectivity index (χ0n) is 10.8. The summed E-state index contributed by atoms with van der Waals surface area (Å²) < 4.78 is 6.59. The summed E-state index contributed by atoms with van der Waals surface area (Å²) in [7, 11) is 0. The fourth-order valence-corrected chi connectivity index (χ4v) is 2.47. The number of hydrogen-bond acceptors (Lipinski definition) is 3. The van der Waals surface area contributed by atoms with Crippen molar-refractivity contribution in [2.45, 2.75) is 6.54 Å². The Balaban J connectivity index is 2.03. The molecule has 2 aromatic heterocycles. The van der Waals surface area contributed by atoms with Crippen molar-refractivity contribution in [2.24, 2.45) is 0 Å². The van der Waals surface area contributed by atoms with Crippen molar-refractivity contribution in [3.63, 3.8) is 0 Å². The molecule has 0 saturated heterocycles. The smallest absolute Gasteiger partial charge is 0.267 e. The first-order valence-corrected chi connectivity index (χ1v) is 6.95. The lowest BCUT2D eigenvalue weighted by molar-refractivity contribution is 0.569. The minimum absolute atomic E-state index is 0.200. The van der Waals surface area contributed by atoms with Gasteiger partial charge < -0.3 is 4.42 Å². The highest BCUT2D eigenvalue weighted by Gasteiger charge is 2.10. The molecule has 0 atom stereocenters. The molecular formula is C15H10Cl2N2O2. The quantitative estimate of drug-likeness (QED) is 0.736. The topological polar surface area (TPSA) is 48.0 Å². The Kier molecular flexibility index (Phi) is 3.82. The molecule has 0 bridgehead atoms. The Hall–Kier alpha value is -2.04. The van der Waals surface area contributed by atoms with Gasteiger partial charge in [-0.3, -0.25) is 4.79 Å². The summed E-state index contributed by atoms with van der Waals surface area (Å²) in [5, 5.41) is 5.28. The number of benzene rings is 1. The van der Waals surface area contributed by atoms with E-state index in [1.807, 2.05) is 0 Å². The van der Waals surface area contributed by atoms with Crippen LogP contribution in [0.25, 0.3) is 11.5 Å². The van der Waals surface area contributed by atoms with Crippen LogP contribution in [0.15, 0.2) is 57.9 Å². The van der Waals surface area contributed by atoms with Gasteiger partial charge in [0.2, 0.25) is 0 Å². The second-order valence-electron chi connectivity index (χ2n) is 4.39. The molecular weight excluding hydrogens is 311 g/mol. The lowest BCUT2D eigenvalue weighted by Crippen LogP contribution is -2.23. The van der Waals surface area contributed by atoms with Crippen LogP contribution in [-0.4, -0.2) is 9.78 Å². The predicted molar refractivity (Wildman–Crippen MR) is 81.8 cm³/mol. The maximum absolute atomic E-state index is 12.0. The molecule has 3 aromatic rings. The lowest BCUT2D eigenvalue weighted by atomic mass is 10.2. The Morgan fingerprint density at radius 1 is 1.05 bits per heavy atom. The summed E-state index contributed by atoms with van der Waals surface area (Å²) in [6.45, 7) is 0.200. The minimum Gasteiger partial charge on any atom is -0.463 e. The van der Waals surface area contributed by atoms with E-state index in [0.29, 0.717) is 27.1 Å². The molecule has 2 heterocycles. The van der Waals surface area contributed by atoms with Gasteiger partial charge in [0.25, 0.3) is 5.56 Å². The molecule has 0 N–H and O–H groups in total. The Bertz CT molecular complexity index is 806. The van der Waals surface area contributed by atoms with E-state index < -0.39 is 0 Å². The van der Waals surface area contributed by atoms with E-state index in [0.717, 1.165) is 0 Å². The summed E-state index contributed by atoms with van der Waals surface area (Å²) in [6.07, 6.45) is 1.55. The summed E-state index contributed by atoms with van der Waals surface area (Å²) in [5.41, 5.74) is 0.996. The van der Waals surface area contributed by atoms with Gasteiger partial charge in [0.05, 0.1) is 12.8 Å². The van der Waals surface area contributed by atoms with Gasteiger partial charge in [-0.1, -0.05) is 29.3 Å². The Morgan fingerprint density at radius 2 is 1.81 bits per heavy atom. The maximum Gasteiger partial charge on any atom is 0.267 e. The second-order valence-corrected chi connectivity index (χ2v) is 5.21. The first kappa shape index (κ1) is 13.9. The van der Waals surface area contributed by atoms with Crippen LogP contribution in [0, 0.1) is 0 Å². The van der Waals surface area contributed by atoms with Gasteiger partial charge in [0, 0.05) is 21.7 Å². The number of halogens is 2. The molecule has 1 aromatic carbocycles. The lowest BCUT2D eigenvalue weighted by Gasteiger charge is -2.09. The molecule has 21 heavy (non-hydrogen) atoms. The van der Waals surface area contributed by atoms with Gasteiger partial charge in [-0.25, -0.2) is 4.68 Å².